The quantitative estimate of drug-likeness (QED) is 0.917. The Labute approximate surface area is 114 Å². The molecule has 2 aromatic rings. The van der Waals surface area contributed by atoms with Gasteiger partial charge >= 0.3 is 0 Å². The molecule has 100 valence electrons. The first-order valence-corrected chi connectivity index (χ1v) is 6.54. The zero-order valence-corrected chi connectivity index (χ0v) is 12.1. The molecule has 1 aromatic carbocycles. The Morgan fingerprint density at radius 2 is 1.84 bits per heavy atom. The number of hydrogen-bond donors (Lipinski definition) is 1. The highest BCUT2D eigenvalue weighted by atomic mass is 14.9. The first kappa shape index (κ1) is 13.7. The molecule has 0 radical (unpaired) electrons. The van der Waals surface area contributed by atoms with Crippen molar-refractivity contribution in [2.24, 2.45) is 5.73 Å². The summed E-state index contributed by atoms with van der Waals surface area (Å²) in [6, 6.07) is 10.4. The van der Waals surface area contributed by atoms with E-state index >= 15 is 0 Å². The van der Waals surface area contributed by atoms with E-state index < -0.39 is 0 Å². The summed E-state index contributed by atoms with van der Waals surface area (Å²) < 4.78 is 0. The first-order valence-electron chi connectivity index (χ1n) is 6.54. The molecule has 0 aliphatic heterocycles. The Morgan fingerprint density at radius 1 is 1.11 bits per heavy atom. The van der Waals surface area contributed by atoms with Gasteiger partial charge in [0.05, 0.1) is 5.69 Å². The average molecular weight is 255 g/mol. The summed E-state index contributed by atoms with van der Waals surface area (Å²) in [5.74, 6) is 0.809. The maximum atomic E-state index is 6.05. The molecule has 2 rings (SSSR count). The lowest BCUT2D eigenvalue weighted by Gasteiger charge is -2.17. The van der Waals surface area contributed by atoms with Gasteiger partial charge in [-0.25, -0.2) is 9.97 Å². The summed E-state index contributed by atoms with van der Waals surface area (Å²) in [4.78, 5) is 9.12. The van der Waals surface area contributed by atoms with E-state index in [4.69, 9.17) is 5.73 Å². The third kappa shape index (κ3) is 3.86. The highest BCUT2D eigenvalue weighted by Crippen LogP contribution is 2.20. The van der Waals surface area contributed by atoms with Crippen LogP contribution in [-0.4, -0.2) is 15.5 Å². The zero-order chi connectivity index (χ0) is 14.0. The van der Waals surface area contributed by atoms with Gasteiger partial charge in [-0.3, -0.25) is 0 Å². The minimum atomic E-state index is -0.294. The van der Waals surface area contributed by atoms with Gasteiger partial charge < -0.3 is 5.73 Å². The van der Waals surface area contributed by atoms with Crippen molar-refractivity contribution in [3.05, 3.63) is 47.4 Å². The molecular weight excluding hydrogens is 234 g/mol. The molecule has 0 saturated carbocycles. The van der Waals surface area contributed by atoms with Crippen LogP contribution in [0.1, 0.15) is 30.9 Å². The summed E-state index contributed by atoms with van der Waals surface area (Å²) in [5.41, 5.74) is 10.1. The Kier molecular flexibility index (Phi) is 3.67. The van der Waals surface area contributed by atoms with Gasteiger partial charge in [-0.15, -0.1) is 0 Å². The number of rotatable bonds is 3. The molecule has 0 bridgehead atoms. The van der Waals surface area contributed by atoms with Crippen molar-refractivity contribution in [1.82, 2.24) is 9.97 Å². The van der Waals surface area contributed by atoms with Crippen LogP contribution >= 0.6 is 0 Å². The van der Waals surface area contributed by atoms with Crippen molar-refractivity contribution in [2.45, 2.75) is 39.7 Å². The highest BCUT2D eigenvalue weighted by molar-refractivity contribution is 5.60. The highest BCUT2D eigenvalue weighted by Gasteiger charge is 2.15. The van der Waals surface area contributed by atoms with Gasteiger partial charge in [-0.05, 0) is 39.8 Å². The molecule has 1 heterocycles. The second kappa shape index (κ2) is 5.10. The van der Waals surface area contributed by atoms with Crippen LogP contribution in [0.25, 0.3) is 11.3 Å². The average Bonchev–Trinajstić information content (AvgIpc) is 2.25. The van der Waals surface area contributed by atoms with Crippen LogP contribution in [0.3, 0.4) is 0 Å². The SMILES string of the molecule is Cc1cccc(-c2cc(C)nc(CC(C)(C)N)n2)c1. The largest absolute Gasteiger partial charge is 0.325 e. The maximum Gasteiger partial charge on any atom is 0.131 e. The normalized spacial score (nSPS) is 11.6. The van der Waals surface area contributed by atoms with Gasteiger partial charge in [0.1, 0.15) is 5.82 Å². The van der Waals surface area contributed by atoms with Crippen LogP contribution in [0.5, 0.6) is 0 Å². The number of hydrogen-bond acceptors (Lipinski definition) is 3. The topological polar surface area (TPSA) is 51.8 Å². The number of nitrogens with two attached hydrogens (primary N) is 1. The molecule has 19 heavy (non-hydrogen) atoms. The van der Waals surface area contributed by atoms with E-state index in [0.29, 0.717) is 6.42 Å². The fourth-order valence-corrected chi connectivity index (χ4v) is 2.07. The lowest BCUT2D eigenvalue weighted by Crippen LogP contribution is -2.35. The summed E-state index contributed by atoms with van der Waals surface area (Å²) in [6.07, 6.45) is 0.674. The van der Waals surface area contributed by atoms with Crippen molar-refractivity contribution < 1.29 is 0 Å². The van der Waals surface area contributed by atoms with Crippen molar-refractivity contribution >= 4 is 0 Å². The van der Waals surface area contributed by atoms with Crippen LogP contribution in [0.4, 0.5) is 0 Å². The van der Waals surface area contributed by atoms with Crippen molar-refractivity contribution in [3.8, 4) is 11.3 Å². The third-order valence-electron chi connectivity index (χ3n) is 2.83. The number of aromatic nitrogens is 2. The molecule has 0 unspecified atom stereocenters. The van der Waals surface area contributed by atoms with E-state index in [1.165, 1.54) is 5.56 Å². The monoisotopic (exact) mass is 255 g/mol. The van der Waals surface area contributed by atoms with Gasteiger partial charge in [0.2, 0.25) is 0 Å². The summed E-state index contributed by atoms with van der Waals surface area (Å²) in [6.45, 7) is 8.06. The number of nitrogens with zero attached hydrogens (tertiary/aromatic N) is 2. The van der Waals surface area contributed by atoms with Crippen LogP contribution in [0, 0.1) is 13.8 Å². The second-order valence-corrected chi connectivity index (χ2v) is 5.85. The lowest BCUT2D eigenvalue weighted by atomic mass is 10.0. The molecule has 0 atom stereocenters. The molecule has 0 saturated heterocycles. The third-order valence-corrected chi connectivity index (χ3v) is 2.83. The summed E-state index contributed by atoms with van der Waals surface area (Å²) in [5, 5.41) is 0. The number of aryl methyl sites for hydroxylation is 2. The molecular formula is C16H21N3. The number of benzene rings is 1. The fourth-order valence-electron chi connectivity index (χ4n) is 2.07. The van der Waals surface area contributed by atoms with E-state index in [2.05, 4.69) is 41.2 Å². The zero-order valence-electron chi connectivity index (χ0n) is 12.1. The predicted molar refractivity (Wildman–Crippen MR) is 78.9 cm³/mol. The van der Waals surface area contributed by atoms with Crippen molar-refractivity contribution in [2.75, 3.05) is 0 Å². The Bertz CT molecular complexity index is 583. The first-order chi connectivity index (χ1) is 8.83. The Morgan fingerprint density at radius 3 is 2.47 bits per heavy atom. The van der Waals surface area contributed by atoms with Gasteiger partial charge in [0.25, 0.3) is 0 Å². The van der Waals surface area contributed by atoms with E-state index in [0.717, 1.165) is 22.8 Å². The predicted octanol–water partition coefficient (Wildman–Crippen LogP) is 3.04. The van der Waals surface area contributed by atoms with Gasteiger partial charge in [0.15, 0.2) is 0 Å². The lowest BCUT2D eigenvalue weighted by molar-refractivity contribution is 0.502. The molecule has 1 aromatic heterocycles. The molecule has 0 aliphatic carbocycles. The minimum absolute atomic E-state index is 0.294. The molecule has 0 fully saturated rings. The van der Waals surface area contributed by atoms with E-state index in [1.54, 1.807) is 0 Å². The van der Waals surface area contributed by atoms with Crippen molar-refractivity contribution in [1.29, 1.82) is 0 Å². The van der Waals surface area contributed by atoms with Gasteiger partial charge in [-0.2, -0.15) is 0 Å². The van der Waals surface area contributed by atoms with Crippen LogP contribution < -0.4 is 5.73 Å². The second-order valence-electron chi connectivity index (χ2n) is 5.85. The standard InChI is InChI=1S/C16H21N3/c1-11-6-5-7-13(8-11)14-9-12(2)18-15(19-14)10-16(3,4)17/h5-9H,10,17H2,1-4H3. The van der Waals surface area contributed by atoms with Crippen LogP contribution in [-0.2, 0) is 6.42 Å². The molecule has 3 heteroatoms. The molecule has 0 amide bonds. The van der Waals surface area contributed by atoms with Crippen molar-refractivity contribution in [3.63, 3.8) is 0 Å². The van der Waals surface area contributed by atoms with E-state index in [-0.39, 0.29) is 5.54 Å². The molecule has 0 spiro atoms. The molecule has 0 aliphatic rings. The van der Waals surface area contributed by atoms with Gasteiger partial charge in [-0.1, -0.05) is 23.8 Å². The fraction of sp³-hybridized carbons (Fsp3) is 0.375. The molecule has 2 N–H and O–H groups in total. The Hall–Kier alpha value is -1.74. The smallest absolute Gasteiger partial charge is 0.131 e. The van der Waals surface area contributed by atoms with Crippen LogP contribution in [0.2, 0.25) is 0 Å². The Balaban J connectivity index is 2.42. The summed E-state index contributed by atoms with van der Waals surface area (Å²) in [7, 11) is 0. The molecule has 3 nitrogen and oxygen atoms in total. The maximum absolute atomic E-state index is 6.05. The van der Waals surface area contributed by atoms with Crippen LogP contribution in [0.15, 0.2) is 30.3 Å². The van der Waals surface area contributed by atoms with E-state index in [1.807, 2.05) is 26.8 Å². The van der Waals surface area contributed by atoms with E-state index in [9.17, 15) is 0 Å². The van der Waals surface area contributed by atoms with Gasteiger partial charge in [0, 0.05) is 23.2 Å². The minimum Gasteiger partial charge on any atom is -0.325 e. The summed E-state index contributed by atoms with van der Waals surface area (Å²) >= 11 is 0.